The number of hydrogen-bond donors (Lipinski definition) is 1. The van der Waals surface area contributed by atoms with Crippen molar-refractivity contribution in [2.45, 2.75) is 0 Å². The van der Waals surface area contributed by atoms with Crippen LogP contribution in [0.2, 0.25) is 0 Å². The monoisotopic (exact) mass is 526 g/mol. The van der Waals surface area contributed by atoms with Crippen LogP contribution in [0, 0.1) is 3.57 Å². The third-order valence-electron chi connectivity index (χ3n) is 3.95. The number of hydrogen-bond acceptors (Lipinski definition) is 6. The highest BCUT2D eigenvalue weighted by atomic mass is 127. The quantitative estimate of drug-likeness (QED) is 0.226. The van der Waals surface area contributed by atoms with Crippen LogP contribution in [0.1, 0.15) is 20.7 Å². The Morgan fingerprint density at radius 1 is 0.931 bits per heavy atom. The van der Waals surface area contributed by atoms with Gasteiger partial charge in [0.25, 0.3) is 10.1 Å². The lowest BCUT2D eigenvalue weighted by atomic mass is 10.0. The number of esters is 2. The second-order valence-corrected chi connectivity index (χ2v) is 8.80. The van der Waals surface area contributed by atoms with E-state index in [0.29, 0.717) is 10.9 Å². The maximum Gasteiger partial charge on any atom is 0.344 e. The average Bonchev–Trinajstić information content (AvgIpc) is 2.66. The Balaban J connectivity index is 1.86. The van der Waals surface area contributed by atoms with Crippen LogP contribution in [-0.2, 0) is 14.9 Å². The molecule has 0 fully saturated rings. The first kappa shape index (κ1) is 21.2. The molecule has 3 rings (SSSR count). The molecule has 0 heterocycles. The van der Waals surface area contributed by atoms with E-state index in [0.717, 1.165) is 8.96 Å². The molecule has 0 atom stereocenters. The number of fused-ring (bicyclic) bond motifs is 1. The molecule has 0 amide bonds. The van der Waals surface area contributed by atoms with Gasteiger partial charge in [0.15, 0.2) is 0 Å². The Kier molecular flexibility index (Phi) is 6.50. The minimum atomic E-state index is -4.26. The lowest BCUT2D eigenvalue weighted by Crippen LogP contribution is -2.17. The van der Waals surface area contributed by atoms with E-state index in [1.165, 1.54) is 12.1 Å². The summed E-state index contributed by atoms with van der Waals surface area (Å²) < 4.78 is 41.3. The molecule has 0 unspecified atom stereocenters. The molecule has 29 heavy (non-hydrogen) atoms. The SMILES string of the molecule is O=C(OCCS(=O)(=O)O)c1ccc(I)cc1OC(=O)c1cccc2ccccc12. The van der Waals surface area contributed by atoms with Crippen LogP contribution in [-0.4, -0.2) is 37.3 Å². The van der Waals surface area contributed by atoms with Crippen LogP contribution in [0.5, 0.6) is 5.75 Å². The normalized spacial score (nSPS) is 11.2. The third-order valence-corrected chi connectivity index (χ3v) is 5.30. The summed E-state index contributed by atoms with van der Waals surface area (Å²) in [5.74, 6) is -2.25. The van der Waals surface area contributed by atoms with Gasteiger partial charge in [-0.05, 0) is 57.6 Å². The summed E-state index contributed by atoms with van der Waals surface area (Å²) in [4.78, 5) is 25.1. The van der Waals surface area contributed by atoms with Gasteiger partial charge in [-0.2, -0.15) is 8.42 Å². The van der Waals surface area contributed by atoms with Gasteiger partial charge in [0, 0.05) is 3.57 Å². The van der Waals surface area contributed by atoms with Crippen molar-refractivity contribution >= 4 is 55.4 Å². The van der Waals surface area contributed by atoms with Crippen molar-refractivity contribution in [3.63, 3.8) is 0 Å². The standard InChI is InChI=1S/C20H15IO7S/c21-14-8-9-17(19(22)27-10-11-29(24,25)26)18(12-14)28-20(23)16-7-3-5-13-4-1-2-6-15(13)16/h1-9,12H,10-11H2,(H,24,25,26). The molecule has 3 aromatic carbocycles. The minimum absolute atomic E-state index is 0.00769. The van der Waals surface area contributed by atoms with E-state index in [1.807, 2.05) is 46.9 Å². The van der Waals surface area contributed by atoms with Crippen LogP contribution in [0.4, 0.5) is 0 Å². The minimum Gasteiger partial charge on any atom is -0.461 e. The van der Waals surface area contributed by atoms with E-state index in [-0.39, 0.29) is 11.3 Å². The van der Waals surface area contributed by atoms with Crippen molar-refractivity contribution in [1.29, 1.82) is 0 Å². The Morgan fingerprint density at radius 2 is 1.66 bits per heavy atom. The predicted octanol–water partition coefficient (Wildman–Crippen LogP) is 3.71. The molecule has 0 saturated carbocycles. The summed E-state index contributed by atoms with van der Waals surface area (Å²) >= 11 is 2.00. The molecule has 0 radical (unpaired) electrons. The second-order valence-electron chi connectivity index (χ2n) is 5.98. The number of halogens is 1. The zero-order valence-electron chi connectivity index (χ0n) is 14.9. The Hall–Kier alpha value is -2.50. The molecule has 0 spiro atoms. The van der Waals surface area contributed by atoms with Gasteiger partial charge in [0.2, 0.25) is 0 Å². The molecule has 0 saturated heterocycles. The summed E-state index contributed by atoms with van der Waals surface area (Å²) in [5.41, 5.74) is 0.307. The molecule has 150 valence electrons. The summed E-state index contributed by atoms with van der Waals surface area (Å²) in [5, 5.41) is 1.58. The summed E-state index contributed by atoms with van der Waals surface area (Å²) in [7, 11) is -4.26. The highest BCUT2D eigenvalue weighted by Gasteiger charge is 2.20. The van der Waals surface area contributed by atoms with Crippen molar-refractivity contribution in [3.8, 4) is 5.75 Å². The first-order valence-corrected chi connectivity index (χ1v) is 11.1. The first-order valence-electron chi connectivity index (χ1n) is 8.36. The molecule has 0 aliphatic heterocycles. The van der Waals surface area contributed by atoms with E-state index >= 15 is 0 Å². The van der Waals surface area contributed by atoms with Crippen LogP contribution in [0.15, 0.2) is 60.7 Å². The molecule has 0 bridgehead atoms. The van der Waals surface area contributed by atoms with Crippen molar-refractivity contribution in [3.05, 3.63) is 75.4 Å². The number of ether oxygens (including phenoxy) is 2. The number of carbonyl (C=O) groups is 2. The lowest BCUT2D eigenvalue weighted by Gasteiger charge is -2.11. The predicted molar refractivity (Wildman–Crippen MR) is 115 cm³/mol. The second kappa shape index (κ2) is 8.89. The summed E-state index contributed by atoms with van der Waals surface area (Å²) in [6.45, 7) is -0.527. The number of carbonyl (C=O) groups excluding carboxylic acids is 2. The molecule has 0 aromatic heterocycles. The topological polar surface area (TPSA) is 107 Å². The van der Waals surface area contributed by atoms with Crippen LogP contribution >= 0.6 is 22.6 Å². The van der Waals surface area contributed by atoms with Crippen molar-refractivity contribution in [2.75, 3.05) is 12.4 Å². The highest BCUT2D eigenvalue weighted by molar-refractivity contribution is 14.1. The molecule has 0 aliphatic carbocycles. The molecule has 3 aromatic rings. The van der Waals surface area contributed by atoms with Gasteiger partial charge < -0.3 is 9.47 Å². The van der Waals surface area contributed by atoms with E-state index in [2.05, 4.69) is 0 Å². The fourth-order valence-electron chi connectivity index (χ4n) is 2.62. The molecule has 7 nitrogen and oxygen atoms in total. The summed E-state index contributed by atoms with van der Waals surface area (Å²) in [6.07, 6.45) is 0. The fourth-order valence-corrected chi connectivity index (χ4v) is 3.38. The van der Waals surface area contributed by atoms with Gasteiger partial charge in [-0.3, -0.25) is 4.55 Å². The first-order chi connectivity index (χ1) is 13.7. The van der Waals surface area contributed by atoms with Gasteiger partial charge in [-0.1, -0.05) is 36.4 Å². The van der Waals surface area contributed by atoms with Crippen LogP contribution in [0.25, 0.3) is 10.8 Å². The maximum absolute atomic E-state index is 12.8. The zero-order valence-corrected chi connectivity index (χ0v) is 17.8. The van der Waals surface area contributed by atoms with Gasteiger partial charge in [-0.15, -0.1) is 0 Å². The van der Waals surface area contributed by atoms with Crippen LogP contribution in [0.3, 0.4) is 0 Å². The van der Waals surface area contributed by atoms with E-state index < -0.39 is 34.4 Å². The van der Waals surface area contributed by atoms with Gasteiger partial charge in [-0.25, -0.2) is 9.59 Å². The smallest absolute Gasteiger partial charge is 0.344 e. The number of benzene rings is 3. The zero-order chi connectivity index (χ0) is 21.0. The third kappa shape index (κ3) is 5.52. The molecule has 9 heteroatoms. The fraction of sp³-hybridized carbons (Fsp3) is 0.100. The Bertz CT molecular complexity index is 1180. The molecular formula is C20H15IO7S. The van der Waals surface area contributed by atoms with E-state index in [1.54, 1.807) is 24.3 Å². The maximum atomic E-state index is 12.8. The largest absolute Gasteiger partial charge is 0.461 e. The Morgan fingerprint density at radius 3 is 2.41 bits per heavy atom. The summed E-state index contributed by atoms with van der Waals surface area (Å²) in [6, 6.07) is 17.1. The molecule has 0 aliphatic rings. The lowest BCUT2D eigenvalue weighted by molar-refractivity contribution is 0.0522. The van der Waals surface area contributed by atoms with E-state index in [4.69, 9.17) is 14.0 Å². The van der Waals surface area contributed by atoms with Crippen LogP contribution < -0.4 is 4.74 Å². The highest BCUT2D eigenvalue weighted by Crippen LogP contribution is 2.26. The van der Waals surface area contributed by atoms with Gasteiger partial charge in [0.05, 0.1) is 5.56 Å². The van der Waals surface area contributed by atoms with Gasteiger partial charge in [0.1, 0.15) is 23.7 Å². The van der Waals surface area contributed by atoms with Crippen molar-refractivity contribution < 1.29 is 32.0 Å². The van der Waals surface area contributed by atoms with Crippen molar-refractivity contribution in [1.82, 2.24) is 0 Å². The number of rotatable bonds is 6. The molecule has 1 N–H and O–H groups in total. The average molecular weight is 526 g/mol. The molecular weight excluding hydrogens is 511 g/mol. The van der Waals surface area contributed by atoms with Gasteiger partial charge >= 0.3 is 11.9 Å². The Labute approximate surface area is 180 Å². The van der Waals surface area contributed by atoms with E-state index in [9.17, 15) is 18.0 Å². The van der Waals surface area contributed by atoms with Crippen molar-refractivity contribution in [2.24, 2.45) is 0 Å².